The first-order valence-corrected chi connectivity index (χ1v) is 6.49. The standard InChI is InChI=1S/C8H13NO4S2/c1-12-3-4-13-8(14)9-7-2-5-15(10,11)6-7/h2,5,7H,3-4,6H2,1H3,(H,9,14)/t7-/m0/s1. The van der Waals surface area contributed by atoms with Crippen molar-refractivity contribution in [1.82, 2.24) is 5.32 Å². The molecule has 86 valence electrons. The Balaban J connectivity index is 2.26. The minimum atomic E-state index is -3.05. The number of sulfone groups is 1. The van der Waals surface area contributed by atoms with E-state index in [1.807, 2.05) is 0 Å². The maximum Gasteiger partial charge on any atom is 0.257 e. The Bertz CT molecular complexity index is 350. The average molecular weight is 251 g/mol. The fraction of sp³-hybridized carbons (Fsp3) is 0.625. The molecule has 7 heteroatoms. The molecule has 0 radical (unpaired) electrons. The van der Waals surface area contributed by atoms with Gasteiger partial charge in [-0.2, -0.15) is 0 Å². The van der Waals surface area contributed by atoms with E-state index in [9.17, 15) is 8.42 Å². The van der Waals surface area contributed by atoms with Crippen LogP contribution < -0.4 is 5.32 Å². The molecule has 0 fully saturated rings. The fourth-order valence-corrected chi connectivity index (χ4v) is 2.55. The largest absolute Gasteiger partial charge is 0.469 e. The van der Waals surface area contributed by atoms with Crippen molar-refractivity contribution in [2.45, 2.75) is 6.04 Å². The van der Waals surface area contributed by atoms with Gasteiger partial charge in [-0.25, -0.2) is 8.42 Å². The molecular formula is C8H13NO4S2. The van der Waals surface area contributed by atoms with E-state index in [1.165, 1.54) is 5.41 Å². The van der Waals surface area contributed by atoms with Crippen molar-refractivity contribution in [3.63, 3.8) is 0 Å². The van der Waals surface area contributed by atoms with E-state index in [-0.39, 0.29) is 17.0 Å². The van der Waals surface area contributed by atoms with Crippen molar-refractivity contribution in [1.29, 1.82) is 0 Å². The third-order valence-electron chi connectivity index (χ3n) is 1.75. The topological polar surface area (TPSA) is 64.6 Å². The molecule has 0 aliphatic carbocycles. The molecule has 0 aromatic heterocycles. The molecule has 1 N–H and O–H groups in total. The maximum absolute atomic E-state index is 11.1. The number of methoxy groups -OCH3 is 1. The van der Waals surface area contributed by atoms with Gasteiger partial charge in [0.05, 0.1) is 18.4 Å². The molecule has 1 heterocycles. The van der Waals surface area contributed by atoms with E-state index >= 15 is 0 Å². The van der Waals surface area contributed by atoms with Crippen molar-refractivity contribution in [3.05, 3.63) is 11.5 Å². The normalized spacial score (nSPS) is 22.6. The summed E-state index contributed by atoms with van der Waals surface area (Å²) in [5.74, 6) is 0.0285. The summed E-state index contributed by atoms with van der Waals surface area (Å²) in [5.41, 5.74) is 0. The van der Waals surface area contributed by atoms with Crippen LogP contribution in [0.4, 0.5) is 0 Å². The number of hydrogen-bond donors (Lipinski definition) is 1. The first-order valence-electron chi connectivity index (χ1n) is 4.37. The lowest BCUT2D eigenvalue weighted by molar-refractivity contribution is 0.140. The van der Waals surface area contributed by atoms with E-state index in [0.717, 1.165) is 0 Å². The molecule has 1 rings (SSSR count). The van der Waals surface area contributed by atoms with Crippen LogP contribution in [0.1, 0.15) is 0 Å². The highest BCUT2D eigenvalue weighted by Crippen LogP contribution is 2.07. The predicted octanol–water partition coefficient (Wildman–Crippen LogP) is -0.165. The van der Waals surface area contributed by atoms with Crippen molar-refractivity contribution in [3.8, 4) is 0 Å². The molecule has 1 aliphatic heterocycles. The van der Waals surface area contributed by atoms with E-state index in [2.05, 4.69) is 5.32 Å². The van der Waals surface area contributed by atoms with Gasteiger partial charge < -0.3 is 14.8 Å². The van der Waals surface area contributed by atoms with E-state index < -0.39 is 9.84 Å². The molecule has 0 unspecified atom stereocenters. The molecule has 0 spiro atoms. The monoisotopic (exact) mass is 251 g/mol. The summed E-state index contributed by atoms with van der Waals surface area (Å²) in [6.45, 7) is 0.798. The number of rotatable bonds is 4. The molecule has 0 amide bonds. The first kappa shape index (κ1) is 12.4. The van der Waals surface area contributed by atoms with Crippen LogP contribution in [0.15, 0.2) is 11.5 Å². The summed E-state index contributed by atoms with van der Waals surface area (Å²) < 4.78 is 32.0. The highest BCUT2D eigenvalue weighted by Gasteiger charge is 2.22. The minimum Gasteiger partial charge on any atom is -0.469 e. The minimum absolute atomic E-state index is 0.0285. The van der Waals surface area contributed by atoms with Gasteiger partial charge in [0.15, 0.2) is 9.84 Å². The van der Waals surface area contributed by atoms with Crippen LogP contribution in [0.5, 0.6) is 0 Å². The van der Waals surface area contributed by atoms with Crippen molar-refractivity contribution < 1.29 is 17.9 Å². The van der Waals surface area contributed by atoms with Crippen molar-refractivity contribution in [2.75, 3.05) is 26.1 Å². The number of thiocarbonyl (C=S) groups is 1. The highest BCUT2D eigenvalue weighted by molar-refractivity contribution is 7.94. The van der Waals surface area contributed by atoms with E-state index in [0.29, 0.717) is 13.2 Å². The van der Waals surface area contributed by atoms with Gasteiger partial charge >= 0.3 is 0 Å². The SMILES string of the molecule is COCCOC(=S)N[C@H]1C=CS(=O)(=O)C1. The smallest absolute Gasteiger partial charge is 0.257 e. The Kier molecular flexibility index (Phi) is 4.49. The maximum atomic E-state index is 11.1. The van der Waals surface area contributed by atoms with Gasteiger partial charge in [0.1, 0.15) is 6.61 Å². The Labute approximate surface area is 94.4 Å². The molecule has 0 aromatic rings. The summed E-state index contributed by atoms with van der Waals surface area (Å²) in [6.07, 6.45) is 1.56. The van der Waals surface area contributed by atoms with Crippen LogP contribution in [0.3, 0.4) is 0 Å². The van der Waals surface area contributed by atoms with Crippen molar-refractivity contribution >= 4 is 27.2 Å². The summed E-state index contributed by atoms with van der Waals surface area (Å²) in [7, 11) is -1.49. The van der Waals surface area contributed by atoms with Gasteiger partial charge in [0.2, 0.25) is 0 Å². The van der Waals surface area contributed by atoms with Gasteiger partial charge in [0.25, 0.3) is 5.17 Å². The zero-order valence-electron chi connectivity index (χ0n) is 8.30. The Morgan fingerprint density at radius 3 is 2.87 bits per heavy atom. The summed E-state index contributed by atoms with van der Waals surface area (Å²) in [5, 5.41) is 4.16. The fourth-order valence-electron chi connectivity index (χ4n) is 1.08. The van der Waals surface area contributed by atoms with E-state index in [4.69, 9.17) is 21.7 Å². The molecule has 15 heavy (non-hydrogen) atoms. The van der Waals surface area contributed by atoms with Gasteiger partial charge in [0, 0.05) is 12.5 Å². The van der Waals surface area contributed by atoms with E-state index in [1.54, 1.807) is 13.2 Å². The number of nitrogens with one attached hydrogen (secondary N) is 1. The lowest BCUT2D eigenvalue weighted by Gasteiger charge is -2.12. The molecule has 0 saturated carbocycles. The lowest BCUT2D eigenvalue weighted by atomic mass is 10.3. The van der Waals surface area contributed by atoms with Gasteiger partial charge in [-0.05, 0) is 18.3 Å². The highest BCUT2D eigenvalue weighted by atomic mass is 32.2. The second kappa shape index (κ2) is 5.43. The molecular weight excluding hydrogens is 238 g/mol. The number of hydrogen-bond acceptors (Lipinski definition) is 5. The van der Waals surface area contributed by atoms with Crippen LogP contribution >= 0.6 is 12.2 Å². The quantitative estimate of drug-likeness (QED) is 0.553. The van der Waals surface area contributed by atoms with Gasteiger partial charge in [-0.1, -0.05) is 0 Å². The summed E-state index contributed by atoms with van der Waals surface area (Å²) >= 11 is 4.86. The van der Waals surface area contributed by atoms with Crippen LogP contribution in [0.2, 0.25) is 0 Å². The molecule has 1 atom stereocenters. The average Bonchev–Trinajstić information content (AvgIpc) is 2.46. The second-order valence-electron chi connectivity index (χ2n) is 3.04. The lowest BCUT2D eigenvalue weighted by Crippen LogP contribution is -2.36. The van der Waals surface area contributed by atoms with Crippen molar-refractivity contribution in [2.24, 2.45) is 0 Å². The molecule has 0 aromatic carbocycles. The zero-order valence-corrected chi connectivity index (χ0v) is 9.94. The molecule has 0 bridgehead atoms. The third kappa shape index (κ3) is 4.59. The molecule has 5 nitrogen and oxygen atoms in total. The van der Waals surface area contributed by atoms with Gasteiger partial charge in [-0.15, -0.1) is 0 Å². The van der Waals surface area contributed by atoms with Crippen LogP contribution in [-0.4, -0.2) is 45.7 Å². The Morgan fingerprint density at radius 2 is 2.33 bits per heavy atom. The summed E-state index contributed by atoms with van der Waals surface area (Å²) in [6, 6.07) is -0.287. The first-order chi connectivity index (χ1) is 7.03. The number of ether oxygens (including phenoxy) is 2. The summed E-state index contributed by atoms with van der Waals surface area (Å²) in [4.78, 5) is 0. The third-order valence-corrected chi connectivity index (χ3v) is 3.39. The van der Waals surface area contributed by atoms with Gasteiger partial charge in [-0.3, -0.25) is 0 Å². The van der Waals surface area contributed by atoms with Crippen LogP contribution in [-0.2, 0) is 19.3 Å². The Morgan fingerprint density at radius 1 is 1.60 bits per heavy atom. The molecule has 1 aliphatic rings. The van der Waals surface area contributed by atoms with Crippen LogP contribution in [0, 0.1) is 0 Å². The zero-order chi connectivity index (χ0) is 11.3. The molecule has 0 saturated heterocycles. The predicted molar refractivity (Wildman–Crippen MR) is 60.3 cm³/mol. The Hall–Kier alpha value is -0.660. The van der Waals surface area contributed by atoms with Crippen LogP contribution in [0.25, 0.3) is 0 Å². The second-order valence-corrected chi connectivity index (χ2v) is 5.34.